The van der Waals surface area contributed by atoms with Gasteiger partial charge in [0.15, 0.2) is 6.29 Å². The van der Waals surface area contributed by atoms with Crippen LogP contribution >= 0.6 is 11.3 Å². The van der Waals surface area contributed by atoms with Gasteiger partial charge in [-0.2, -0.15) is 0 Å². The molecule has 0 spiro atoms. The number of carbonyl (C=O) groups excluding carboxylic acids is 1. The molecule has 2 atom stereocenters. The number of hydrogen-bond acceptors (Lipinski definition) is 3. The first-order valence-electron chi connectivity index (χ1n) is 5.61. The fourth-order valence-corrected chi connectivity index (χ4v) is 2.54. The highest BCUT2D eigenvalue weighted by atomic mass is 32.1. The quantitative estimate of drug-likeness (QED) is 0.590. The van der Waals surface area contributed by atoms with Crippen molar-refractivity contribution in [3.8, 4) is 5.75 Å². The Morgan fingerprint density at radius 3 is 3.00 bits per heavy atom. The maximum absolute atomic E-state index is 10.5. The minimum absolute atomic E-state index is 0.601. The Morgan fingerprint density at radius 2 is 2.31 bits per heavy atom. The summed E-state index contributed by atoms with van der Waals surface area (Å²) in [5.74, 6) is 2.12. The molecular formula is C13H16O2S. The molecule has 1 aliphatic rings. The lowest BCUT2D eigenvalue weighted by Gasteiger charge is -2.24. The van der Waals surface area contributed by atoms with Gasteiger partial charge < -0.3 is 4.74 Å². The van der Waals surface area contributed by atoms with Gasteiger partial charge in [0, 0.05) is 11.4 Å². The first-order valence-corrected chi connectivity index (χ1v) is 6.49. The van der Waals surface area contributed by atoms with E-state index in [1.54, 1.807) is 6.07 Å². The van der Waals surface area contributed by atoms with Crippen molar-refractivity contribution >= 4 is 17.6 Å². The molecule has 0 saturated carbocycles. The molecule has 0 aromatic carbocycles. The Morgan fingerprint density at radius 1 is 1.50 bits per heavy atom. The van der Waals surface area contributed by atoms with Crippen LogP contribution in [0.4, 0.5) is 0 Å². The van der Waals surface area contributed by atoms with Crippen molar-refractivity contribution in [3.63, 3.8) is 0 Å². The van der Waals surface area contributed by atoms with Crippen molar-refractivity contribution in [2.45, 2.75) is 19.8 Å². The number of carbonyl (C=O) groups is 1. The molecule has 1 aromatic heterocycles. The van der Waals surface area contributed by atoms with Gasteiger partial charge >= 0.3 is 0 Å². The van der Waals surface area contributed by atoms with Crippen LogP contribution in [0.25, 0.3) is 0 Å². The molecule has 3 heteroatoms. The van der Waals surface area contributed by atoms with Gasteiger partial charge in [-0.15, -0.1) is 11.3 Å². The second kappa shape index (κ2) is 5.30. The molecule has 1 aliphatic carbocycles. The average molecular weight is 236 g/mol. The lowest BCUT2D eigenvalue weighted by Crippen LogP contribution is -2.20. The van der Waals surface area contributed by atoms with Gasteiger partial charge in [-0.25, -0.2) is 0 Å². The average Bonchev–Trinajstić information content (AvgIpc) is 2.76. The first kappa shape index (κ1) is 11.4. The summed E-state index contributed by atoms with van der Waals surface area (Å²) < 4.78 is 5.72. The maximum Gasteiger partial charge on any atom is 0.160 e. The molecule has 16 heavy (non-hydrogen) atoms. The fourth-order valence-electron chi connectivity index (χ4n) is 1.91. The molecule has 0 saturated heterocycles. The molecule has 0 bridgehead atoms. The van der Waals surface area contributed by atoms with Crippen LogP contribution < -0.4 is 4.74 Å². The molecule has 86 valence electrons. The summed E-state index contributed by atoms with van der Waals surface area (Å²) in [5.41, 5.74) is 0. The van der Waals surface area contributed by atoms with Crippen molar-refractivity contribution < 1.29 is 9.53 Å². The number of aldehydes is 1. The highest BCUT2D eigenvalue weighted by Crippen LogP contribution is 2.27. The van der Waals surface area contributed by atoms with Crippen LogP contribution in [-0.2, 0) is 0 Å². The zero-order chi connectivity index (χ0) is 11.4. The van der Waals surface area contributed by atoms with Crippen LogP contribution in [0.1, 0.15) is 29.4 Å². The molecule has 1 heterocycles. The molecule has 2 nitrogen and oxygen atoms in total. The van der Waals surface area contributed by atoms with E-state index in [4.69, 9.17) is 4.74 Å². The van der Waals surface area contributed by atoms with Crippen LogP contribution in [0.3, 0.4) is 0 Å². The Hall–Kier alpha value is -1.09. The van der Waals surface area contributed by atoms with E-state index in [9.17, 15) is 4.79 Å². The fraction of sp³-hybridized carbons (Fsp3) is 0.462. The van der Waals surface area contributed by atoms with Gasteiger partial charge in [0.1, 0.15) is 5.75 Å². The van der Waals surface area contributed by atoms with Crippen molar-refractivity contribution in [1.82, 2.24) is 0 Å². The van der Waals surface area contributed by atoms with Crippen molar-refractivity contribution in [2.75, 3.05) is 6.61 Å². The Bertz CT molecular complexity index is 381. The highest BCUT2D eigenvalue weighted by molar-refractivity contribution is 7.11. The smallest absolute Gasteiger partial charge is 0.160 e. The third kappa shape index (κ3) is 2.73. The van der Waals surface area contributed by atoms with E-state index in [1.165, 1.54) is 11.3 Å². The Balaban J connectivity index is 1.86. The van der Waals surface area contributed by atoms with E-state index in [1.807, 2.05) is 5.38 Å². The van der Waals surface area contributed by atoms with Gasteiger partial charge in [-0.1, -0.05) is 19.1 Å². The number of hydrogen-bond donors (Lipinski definition) is 0. The predicted molar refractivity (Wildman–Crippen MR) is 66.2 cm³/mol. The van der Waals surface area contributed by atoms with Gasteiger partial charge in [-0.3, -0.25) is 4.79 Å². The van der Waals surface area contributed by atoms with E-state index < -0.39 is 0 Å². The summed E-state index contributed by atoms with van der Waals surface area (Å²) in [6.07, 6.45) is 7.60. The van der Waals surface area contributed by atoms with Crippen LogP contribution in [0.15, 0.2) is 23.6 Å². The van der Waals surface area contributed by atoms with Gasteiger partial charge in [0.25, 0.3) is 0 Å². The number of allylic oxidation sites excluding steroid dienone is 2. The third-order valence-corrected chi connectivity index (χ3v) is 3.93. The minimum Gasteiger partial charge on any atom is -0.492 e. The van der Waals surface area contributed by atoms with E-state index in [0.717, 1.165) is 36.4 Å². The van der Waals surface area contributed by atoms with Crippen molar-refractivity contribution in [3.05, 3.63) is 28.5 Å². The molecule has 0 aliphatic heterocycles. The zero-order valence-electron chi connectivity index (χ0n) is 9.39. The van der Waals surface area contributed by atoms with Crippen LogP contribution in [-0.4, -0.2) is 12.9 Å². The van der Waals surface area contributed by atoms with Crippen LogP contribution in [0, 0.1) is 11.8 Å². The molecular weight excluding hydrogens is 220 g/mol. The number of rotatable bonds is 4. The summed E-state index contributed by atoms with van der Waals surface area (Å²) in [7, 11) is 0. The Kier molecular flexibility index (Phi) is 3.78. The molecule has 0 N–H and O–H groups in total. The summed E-state index contributed by atoms with van der Waals surface area (Å²) in [4.78, 5) is 11.3. The lowest BCUT2D eigenvalue weighted by molar-refractivity contribution is 0.112. The summed E-state index contributed by atoms with van der Waals surface area (Å²) >= 11 is 1.43. The maximum atomic E-state index is 10.5. The SMILES string of the molecule is CC1CC=CCC1COc1csc(C=O)c1. The van der Waals surface area contributed by atoms with E-state index in [2.05, 4.69) is 19.1 Å². The lowest BCUT2D eigenvalue weighted by atomic mass is 9.85. The molecule has 0 amide bonds. The van der Waals surface area contributed by atoms with E-state index in [-0.39, 0.29) is 0 Å². The number of thiophene rings is 1. The molecule has 2 unspecified atom stereocenters. The largest absolute Gasteiger partial charge is 0.492 e. The molecule has 0 fully saturated rings. The standard InChI is InChI=1S/C13H16O2S/c1-10-4-2-3-5-11(10)8-15-12-6-13(7-14)16-9-12/h2-3,6-7,9-11H,4-5,8H2,1H3. The van der Waals surface area contributed by atoms with Crippen molar-refractivity contribution in [2.24, 2.45) is 11.8 Å². The van der Waals surface area contributed by atoms with E-state index >= 15 is 0 Å². The molecule has 1 aromatic rings. The van der Waals surface area contributed by atoms with Crippen LogP contribution in [0.2, 0.25) is 0 Å². The highest BCUT2D eigenvalue weighted by Gasteiger charge is 2.18. The second-order valence-electron chi connectivity index (χ2n) is 4.29. The second-order valence-corrected chi connectivity index (χ2v) is 5.24. The van der Waals surface area contributed by atoms with Gasteiger partial charge in [0.2, 0.25) is 0 Å². The topological polar surface area (TPSA) is 26.3 Å². The Labute approximate surface area is 99.9 Å². The molecule has 0 radical (unpaired) electrons. The molecule has 2 rings (SSSR count). The predicted octanol–water partition coefficient (Wildman–Crippen LogP) is 3.54. The summed E-state index contributed by atoms with van der Waals surface area (Å²) in [5, 5.41) is 1.90. The minimum atomic E-state index is 0.601. The monoisotopic (exact) mass is 236 g/mol. The zero-order valence-corrected chi connectivity index (χ0v) is 10.2. The normalized spacial score (nSPS) is 24.3. The number of ether oxygens (including phenoxy) is 1. The van der Waals surface area contributed by atoms with Gasteiger partial charge in [0.05, 0.1) is 11.5 Å². The van der Waals surface area contributed by atoms with E-state index in [0.29, 0.717) is 11.8 Å². The summed E-state index contributed by atoms with van der Waals surface area (Å²) in [6.45, 7) is 3.02. The third-order valence-electron chi connectivity index (χ3n) is 3.09. The first-order chi connectivity index (χ1) is 7.79. The van der Waals surface area contributed by atoms with Crippen LogP contribution in [0.5, 0.6) is 5.75 Å². The summed E-state index contributed by atoms with van der Waals surface area (Å²) in [6, 6.07) is 1.81. The van der Waals surface area contributed by atoms with Gasteiger partial charge in [-0.05, 0) is 24.7 Å². The van der Waals surface area contributed by atoms with Crippen molar-refractivity contribution in [1.29, 1.82) is 0 Å².